The van der Waals surface area contributed by atoms with Crippen molar-refractivity contribution in [2.45, 2.75) is 0 Å². The molecule has 0 aromatic rings. The van der Waals surface area contributed by atoms with Crippen molar-refractivity contribution in [3.63, 3.8) is 0 Å². The molecule has 4 heteroatoms. The SMILES string of the molecule is ClC1=NCN(Cl)C=C1. The lowest BCUT2D eigenvalue weighted by molar-refractivity contribution is 0.618. The monoisotopic (exact) mass is 150 g/mol. The molecule has 0 atom stereocenters. The molecule has 1 heterocycles. The molecule has 0 saturated heterocycles. The molecule has 0 amide bonds. The van der Waals surface area contributed by atoms with Gasteiger partial charge >= 0.3 is 0 Å². The summed E-state index contributed by atoms with van der Waals surface area (Å²) >= 11 is 10.9. The molecule has 1 rings (SSSR count). The topological polar surface area (TPSA) is 15.6 Å². The minimum absolute atomic E-state index is 0.441. The Morgan fingerprint density at radius 2 is 2.50 bits per heavy atom. The van der Waals surface area contributed by atoms with Gasteiger partial charge in [-0.3, -0.25) is 9.41 Å². The highest BCUT2D eigenvalue weighted by Crippen LogP contribution is 2.03. The highest BCUT2D eigenvalue weighted by molar-refractivity contribution is 6.68. The summed E-state index contributed by atoms with van der Waals surface area (Å²) in [6, 6.07) is 0. The third-order valence-corrected chi connectivity index (χ3v) is 1.20. The van der Waals surface area contributed by atoms with Crippen molar-refractivity contribution in [2.75, 3.05) is 6.67 Å². The number of aliphatic imine (C=N–C) groups is 1. The fourth-order valence-corrected chi connectivity index (χ4v) is 0.597. The third-order valence-electron chi connectivity index (χ3n) is 0.731. The van der Waals surface area contributed by atoms with Crippen LogP contribution in [0.5, 0.6) is 0 Å². The lowest BCUT2D eigenvalue weighted by Gasteiger charge is -2.09. The van der Waals surface area contributed by atoms with Gasteiger partial charge in [0, 0.05) is 18.0 Å². The number of nitrogens with zero attached hydrogens (tertiary/aromatic N) is 2. The molecule has 0 bridgehead atoms. The third kappa shape index (κ3) is 1.39. The second-order valence-electron chi connectivity index (χ2n) is 1.34. The highest BCUT2D eigenvalue weighted by atomic mass is 35.5. The van der Waals surface area contributed by atoms with Crippen LogP contribution in [0.2, 0.25) is 0 Å². The van der Waals surface area contributed by atoms with Crippen molar-refractivity contribution in [3.8, 4) is 0 Å². The zero-order valence-electron chi connectivity index (χ0n) is 4.01. The van der Waals surface area contributed by atoms with Crippen LogP contribution in [0.25, 0.3) is 0 Å². The summed E-state index contributed by atoms with van der Waals surface area (Å²) in [6.07, 6.45) is 3.30. The molecule has 1 aliphatic rings. The molecule has 0 saturated carbocycles. The van der Waals surface area contributed by atoms with Gasteiger partial charge in [0.1, 0.15) is 11.8 Å². The zero-order valence-corrected chi connectivity index (χ0v) is 5.52. The molecule has 2 nitrogen and oxygen atoms in total. The number of hydrogen-bond acceptors (Lipinski definition) is 2. The largest absolute Gasteiger partial charge is 0.271 e. The van der Waals surface area contributed by atoms with Crippen LogP contribution in [-0.4, -0.2) is 16.3 Å². The first-order valence-corrected chi connectivity index (χ1v) is 2.81. The Balaban J connectivity index is 2.58. The highest BCUT2D eigenvalue weighted by Gasteiger charge is 1.97. The summed E-state index contributed by atoms with van der Waals surface area (Å²) in [5.74, 6) is 0. The normalized spacial score (nSPS) is 18.8. The van der Waals surface area contributed by atoms with Crippen LogP contribution >= 0.6 is 23.4 Å². The van der Waals surface area contributed by atoms with Gasteiger partial charge < -0.3 is 0 Å². The van der Waals surface area contributed by atoms with Gasteiger partial charge in [-0.05, 0) is 6.08 Å². The molecular weight excluding hydrogens is 147 g/mol. The van der Waals surface area contributed by atoms with Crippen LogP contribution in [-0.2, 0) is 0 Å². The van der Waals surface area contributed by atoms with Crippen molar-refractivity contribution in [1.82, 2.24) is 4.42 Å². The van der Waals surface area contributed by atoms with Gasteiger partial charge in [-0.2, -0.15) is 0 Å². The minimum atomic E-state index is 0.441. The van der Waals surface area contributed by atoms with Crippen LogP contribution in [0, 0.1) is 0 Å². The van der Waals surface area contributed by atoms with E-state index < -0.39 is 0 Å². The number of allylic oxidation sites excluding steroid dienone is 1. The second-order valence-corrected chi connectivity index (χ2v) is 2.16. The van der Waals surface area contributed by atoms with Crippen molar-refractivity contribution in [2.24, 2.45) is 4.99 Å². The average Bonchev–Trinajstić information content (AvgIpc) is 1.77. The predicted octanol–water partition coefficient (Wildman–Crippen LogP) is 1.56. The number of halogens is 2. The summed E-state index contributed by atoms with van der Waals surface area (Å²) in [7, 11) is 0. The Labute approximate surface area is 57.5 Å². The first kappa shape index (κ1) is 5.92. The van der Waals surface area contributed by atoms with E-state index in [1.54, 1.807) is 12.3 Å². The summed E-state index contributed by atoms with van der Waals surface area (Å²) in [6.45, 7) is 0.441. The Kier molecular flexibility index (Phi) is 1.76. The molecule has 0 fully saturated rings. The minimum Gasteiger partial charge on any atom is -0.271 e. The van der Waals surface area contributed by atoms with Gasteiger partial charge in [0.2, 0.25) is 0 Å². The maximum atomic E-state index is 5.46. The van der Waals surface area contributed by atoms with E-state index in [0.717, 1.165) is 0 Å². The van der Waals surface area contributed by atoms with Crippen LogP contribution in [0.15, 0.2) is 17.3 Å². The number of hydrogen-bond donors (Lipinski definition) is 0. The maximum Gasteiger partial charge on any atom is 0.127 e. The smallest absolute Gasteiger partial charge is 0.127 e. The molecule has 0 aromatic carbocycles. The number of rotatable bonds is 0. The van der Waals surface area contributed by atoms with Gasteiger partial charge in [0.25, 0.3) is 0 Å². The average molecular weight is 151 g/mol. The van der Waals surface area contributed by atoms with E-state index in [4.69, 9.17) is 23.4 Å². The molecule has 0 radical (unpaired) electrons. The molecule has 0 aromatic heterocycles. The van der Waals surface area contributed by atoms with Crippen LogP contribution < -0.4 is 0 Å². The summed E-state index contributed by atoms with van der Waals surface area (Å²) in [4.78, 5) is 3.80. The molecule has 1 aliphatic heterocycles. The molecule has 44 valence electrons. The Morgan fingerprint density at radius 1 is 1.75 bits per heavy atom. The fourth-order valence-electron chi connectivity index (χ4n) is 0.377. The van der Waals surface area contributed by atoms with Crippen LogP contribution in [0.1, 0.15) is 0 Å². The van der Waals surface area contributed by atoms with Gasteiger partial charge in [0.05, 0.1) is 0 Å². The van der Waals surface area contributed by atoms with Crippen molar-refractivity contribution < 1.29 is 0 Å². The Bertz CT molecular complexity index is 141. The summed E-state index contributed by atoms with van der Waals surface area (Å²) in [5, 5.41) is 0.502. The first-order chi connectivity index (χ1) is 3.79. The fraction of sp³-hybridized carbons (Fsp3) is 0.250. The Morgan fingerprint density at radius 3 is 2.88 bits per heavy atom. The van der Waals surface area contributed by atoms with E-state index in [1.165, 1.54) is 4.42 Å². The maximum absolute atomic E-state index is 5.46. The van der Waals surface area contributed by atoms with E-state index >= 15 is 0 Å². The molecular formula is C4H4Cl2N2. The Hall–Kier alpha value is -0.210. The van der Waals surface area contributed by atoms with Crippen molar-refractivity contribution in [1.29, 1.82) is 0 Å². The van der Waals surface area contributed by atoms with E-state index in [9.17, 15) is 0 Å². The van der Waals surface area contributed by atoms with Crippen LogP contribution in [0.3, 0.4) is 0 Å². The summed E-state index contributed by atoms with van der Waals surface area (Å²) < 4.78 is 1.42. The van der Waals surface area contributed by atoms with Gasteiger partial charge in [-0.15, -0.1) is 0 Å². The van der Waals surface area contributed by atoms with E-state index in [-0.39, 0.29) is 0 Å². The van der Waals surface area contributed by atoms with Gasteiger partial charge in [-0.1, -0.05) is 11.6 Å². The lowest BCUT2D eigenvalue weighted by atomic mass is 10.6. The zero-order chi connectivity index (χ0) is 5.98. The predicted molar refractivity (Wildman–Crippen MR) is 35.0 cm³/mol. The van der Waals surface area contributed by atoms with E-state index in [0.29, 0.717) is 11.8 Å². The van der Waals surface area contributed by atoms with Gasteiger partial charge in [-0.25, -0.2) is 0 Å². The molecule has 0 aliphatic carbocycles. The van der Waals surface area contributed by atoms with Gasteiger partial charge in [0.15, 0.2) is 0 Å². The van der Waals surface area contributed by atoms with Crippen LogP contribution in [0.4, 0.5) is 0 Å². The lowest BCUT2D eigenvalue weighted by Crippen LogP contribution is -2.08. The molecule has 8 heavy (non-hydrogen) atoms. The van der Waals surface area contributed by atoms with Crippen molar-refractivity contribution >= 4 is 28.5 Å². The molecule has 0 N–H and O–H groups in total. The van der Waals surface area contributed by atoms with E-state index in [2.05, 4.69) is 4.99 Å². The molecule has 0 spiro atoms. The summed E-state index contributed by atoms with van der Waals surface area (Å²) in [5.41, 5.74) is 0. The second kappa shape index (κ2) is 2.37. The standard InChI is InChI=1S/C4H4Cl2N2/c5-4-1-2-8(6)3-7-4/h1-2H,3H2. The van der Waals surface area contributed by atoms with E-state index in [1.807, 2.05) is 0 Å². The quantitative estimate of drug-likeness (QED) is 0.479. The first-order valence-electron chi connectivity index (χ1n) is 2.09. The van der Waals surface area contributed by atoms with Crippen molar-refractivity contribution in [3.05, 3.63) is 12.3 Å². The molecule has 0 unspecified atom stereocenters.